The van der Waals surface area contributed by atoms with Gasteiger partial charge < -0.3 is 19.7 Å². The van der Waals surface area contributed by atoms with Crippen LogP contribution in [0.5, 0.6) is 5.88 Å². The van der Waals surface area contributed by atoms with Crippen molar-refractivity contribution in [3.63, 3.8) is 0 Å². The highest BCUT2D eigenvalue weighted by Crippen LogP contribution is 2.28. The molecule has 1 N–H and O–H groups in total. The lowest BCUT2D eigenvalue weighted by molar-refractivity contribution is -0.154. The highest BCUT2D eigenvalue weighted by Gasteiger charge is 2.29. The van der Waals surface area contributed by atoms with E-state index in [2.05, 4.69) is 15.3 Å². The number of halogens is 3. The van der Waals surface area contributed by atoms with Gasteiger partial charge in [-0.1, -0.05) is 6.07 Å². The molecule has 1 aromatic rings. The third kappa shape index (κ3) is 8.47. The number of ether oxygens (including phenoxy) is 2. The van der Waals surface area contributed by atoms with Crippen LogP contribution in [-0.2, 0) is 11.3 Å². The Morgan fingerprint density at radius 1 is 1.41 bits per heavy atom. The van der Waals surface area contributed by atoms with Gasteiger partial charge in [-0.05, 0) is 31.7 Å². The van der Waals surface area contributed by atoms with E-state index < -0.39 is 12.8 Å². The number of guanidine groups is 1. The van der Waals surface area contributed by atoms with Gasteiger partial charge in [0.2, 0.25) is 5.88 Å². The van der Waals surface area contributed by atoms with Gasteiger partial charge in [0.1, 0.15) is 0 Å². The summed E-state index contributed by atoms with van der Waals surface area (Å²) in [6.45, 7) is 3.49. The Hall–Kier alpha value is -2.03. The lowest BCUT2D eigenvalue weighted by atomic mass is 10.3. The molecular formula is C18H27F3N4O2. The number of nitrogens with one attached hydrogen (secondary N) is 1. The quantitative estimate of drug-likeness (QED) is 0.379. The summed E-state index contributed by atoms with van der Waals surface area (Å²) in [6, 6.07) is 3.30. The molecule has 0 amide bonds. The summed E-state index contributed by atoms with van der Waals surface area (Å²) >= 11 is 0. The Labute approximate surface area is 157 Å². The number of aromatic nitrogens is 1. The fraction of sp³-hybridized carbons (Fsp3) is 0.667. The molecule has 1 aliphatic rings. The van der Waals surface area contributed by atoms with Gasteiger partial charge in [-0.3, -0.25) is 0 Å². The van der Waals surface area contributed by atoms with E-state index in [0.717, 1.165) is 12.5 Å². The number of aliphatic imine (C=N–C) groups is 1. The van der Waals surface area contributed by atoms with E-state index in [1.54, 1.807) is 12.1 Å². The van der Waals surface area contributed by atoms with Gasteiger partial charge >= 0.3 is 6.18 Å². The molecule has 2 rings (SSSR count). The third-order valence-electron chi connectivity index (χ3n) is 3.94. The van der Waals surface area contributed by atoms with Crippen LogP contribution < -0.4 is 10.1 Å². The van der Waals surface area contributed by atoms with E-state index in [0.29, 0.717) is 31.2 Å². The Kier molecular flexibility index (Phi) is 8.15. The van der Waals surface area contributed by atoms with Gasteiger partial charge in [0.15, 0.2) is 12.6 Å². The van der Waals surface area contributed by atoms with E-state index in [-0.39, 0.29) is 12.4 Å². The molecule has 1 aromatic heterocycles. The van der Waals surface area contributed by atoms with Crippen LogP contribution in [0.15, 0.2) is 23.3 Å². The second kappa shape index (κ2) is 10.3. The van der Waals surface area contributed by atoms with Crippen molar-refractivity contribution >= 4 is 5.96 Å². The van der Waals surface area contributed by atoms with Crippen molar-refractivity contribution in [1.82, 2.24) is 15.2 Å². The van der Waals surface area contributed by atoms with Crippen molar-refractivity contribution in [3.8, 4) is 5.88 Å². The Morgan fingerprint density at radius 3 is 2.85 bits per heavy atom. The van der Waals surface area contributed by atoms with Crippen LogP contribution in [0, 0.1) is 5.92 Å². The van der Waals surface area contributed by atoms with Crippen LogP contribution in [0.1, 0.15) is 25.3 Å². The lowest BCUT2D eigenvalue weighted by Gasteiger charge is -2.22. The summed E-state index contributed by atoms with van der Waals surface area (Å²) < 4.78 is 47.6. The first kappa shape index (κ1) is 21.3. The molecule has 0 aromatic carbocycles. The predicted molar refractivity (Wildman–Crippen MR) is 96.8 cm³/mol. The molecule has 6 nitrogen and oxygen atoms in total. The summed E-state index contributed by atoms with van der Waals surface area (Å²) in [6.07, 6.45) is -0.505. The second-order valence-electron chi connectivity index (χ2n) is 6.48. The molecule has 0 bridgehead atoms. The SMILES string of the molecule is CCNC(=NCc1cccnc1OCC(F)(F)F)N(C)CCOCC1CC1. The van der Waals surface area contributed by atoms with Crippen LogP contribution in [0.3, 0.4) is 0 Å². The van der Waals surface area contributed by atoms with E-state index in [9.17, 15) is 13.2 Å². The number of rotatable bonds is 10. The Morgan fingerprint density at radius 2 is 2.19 bits per heavy atom. The first-order valence-corrected chi connectivity index (χ1v) is 9.09. The fourth-order valence-electron chi connectivity index (χ4n) is 2.30. The van der Waals surface area contributed by atoms with E-state index in [1.807, 2.05) is 18.9 Å². The van der Waals surface area contributed by atoms with Gasteiger partial charge in [0.25, 0.3) is 0 Å². The summed E-state index contributed by atoms with van der Waals surface area (Å²) in [5, 5.41) is 3.17. The van der Waals surface area contributed by atoms with Crippen LogP contribution in [0.25, 0.3) is 0 Å². The van der Waals surface area contributed by atoms with Crippen LogP contribution in [0.4, 0.5) is 13.2 Å². The summed E-state index contributed by atoms with van der Waals surface area (Å²) in [5.41, 5.74) is 0.496. The highest BCUT2D eigenvalue weighted by molar-refractivity contribution is 5.79. The molecule has 0 radical (unpaired) electrons. The van der Waals surface area contributed by atoms with Crippen molar-refractivity contribution in [2.45, 2.75) is 32.5 Å². The first-order chi connectivity index (χ1) is 12.9. The normalized spacial score (nSPS) is 14.9. The smallest absolute Gasteiger partial charge is 0.422 e. The van der Waals surface area contributed by atoms with Gasteiger partial charge in [-0.15, -0.1) is 0 Å². The molecule has 1 aliphatic carbocycles. The molecule has 1 fully saturated rings. The largest absolute Gasteiger partial charge is 0.468 e. The Balaban J connectivity index is 1.92. The Bertz CT molecular complexity index is 607. The predicted octanol–water partition coefficient (Wildman–Crippen LogP) is 2.85. The number of likely N-dealkylation sites (N-methyl/N-ethyl adjacent to an activating group) is 1. The van der Waals surface area contributed by atoms with Crippen LogP contribution in [0.2, 0.25) is 0 Å². The minimum atomic E-state index is -4.41. The summed E-state index contributed by atoms with van der Waals surface area (Å²) in [4.78, 5) is 10.3. The minimum absolute atomic E-state index is 0.0511. The standard InChI is InChI=1S/C18H27F3N4O2/c1-3-22-17(25(2)9-10-26-12-14-6-7-14)24-11-15-5-4-8-23-16(15)27-13-18(19,20)21/h4-5,8,14H,3,6-7,9-13H2,1-2H3,(H,22,24). The van der Waals surface area contributed by atoms with Gasteiger partial charge in [-0.25, -0.2) is 9.98 Å². The molecule has 0 saturated heterocycles. The van der Waals surface area contributed by atoms with Crippen LogP contribution >= 0.6 is 0 Å². The lowest BCUT2D eigenvalue weighted by Crippen LogP contribution is -2.40. The number of pyridine rings is 1. The number of hydrogen-bond donors (Lipinski definition) is 1. The maximum atomic E-state index is 12.4. The average Bonchev–Trinajstić information content (AvgIpc) is 3.44. The molecule has 0 atom stereocenters. The van der Waals surface area contributed by atoms with Crippen molar-refractivity contribution < 1.29 is 22.6 Å². The minimum Gasteiger partial charge on any atom is -0.468 e. The maximum Gasteiger partial charge on any atom is 0.422 e. The van der Waals surface area contributed by atoms with Gasteiger partial charge in [-0.2, -0.15) is 13.2 Å². The maximum absolute atomic E-state index is 12.4. The van der Waals surface area contributed by atoms with Crippen molar-refractivity contribution in [2.75, 3.05) is 40.0 Å². The van der Waals surface area contributed by atoms with Crippen molar-refractivity contribution in [3.05, 3.63) is 23.9 Å². The van der Waals surface area contributed by atoms with E-state index in [1.165, 1.54) is 19.0 Å². The molecule has 27 heavy (non-hydrogen) atoms. The molecule has 152 valence electrons. The number of hydrogen-bond acceptors (Lipinski definition) is 4. The zero-order chi connectivity index (χ0) is 19.7. The summed E-state index contributed by atoms with van der Waals surface area (Å²) in [7, 11) is 1.90. The zero-order valence-electron chi connectivity index (χ0n) is 15.8. The molecule has 0 unspecified atom stereocenters. The van der Waals surface area contributed by atoms with E-state index in [4.69, 9.17) is 9.47 Å². The zero-order valence-corrected chi connectivity index (χ0v) is 15.8. The third-order valence-corrected chi connectivity index (χ3v) is 3.94. The van der Waals surface area contributed by atoms with Crippen molar-refractivity contribution in [2.24, 2.45) is 10.9 Å². The van der Waals surface area contributed by atoms with Crippen LogP contribution in [-0.4, -0.2) is 62.0 Å². The number of nitrogens with zero attached hydrogens (tertiary/aromatic N) is 3. The van der Waals surface area contributed by atoms with Gasteiger partial charge in [0.05, 0.1) is 13.2 Å². The molecule has 1 saturated carbocycles. The molecular weight excluding hydrogens is 361 g/mol. The average molecular weight is 388 g/mol. The second-order valence-corrected chi connectivity index (χ2v) is 6.48. The topological polar surface area (TPSA) is 59.0 Å². The molecule has 1 heterocycles. The monoisotopic (exact) mass is 388 g/mol. The van der Waals surface area contributed by atoms with E-state index >= 15 is 0 Å². The van der Waals surface area contributed by atoms with Crippen molar-refractivity contribution in [1.29, 1.82) is 0 Å². The first-order valence-electron chi connectivity index (χ1n) is 9.09. The van der Waals surface area contributed by atoms with Gasteiger partial charge in [0, 0.05) is 38.5 Å². The number of alkyl halides is 3. The summed E-state index contributed by atoms with van der Waals surface area (Å²) in [5.74, 6) is 1.32. The molecule has 0 aliphatic heterocycles. The molecule has 0 spiro atoms. The fourth-order valence-corrected chi connectivity index (χ4v) is 2.30. The molecule has 9 heteroatoms. The highest BCUT2D eigenvalue weighted by atomic mass is 19.4.